The van der Waals surface area contributed by atoms with Gasteiger partial charge in [-0.1, -0.05) is 0 Å². The quantitative estimate of drug-likeness (QED) is 0.877. The van der Waals surface area contributed by atoms with Crippen molar-refractivity contribution in [2.45, 2.75) is 19.9 Å². The van der Waals surface area contributed by atoms with Gasteiger partial charge in [0, 0.05) is 13.2 Å². The first-order valence-corrected chi connectivity index (χ1v) is 5.96. The van der Waals surface area contributed by atoms with Gasteiger partial charge < -0.3 is 15.1 Å². The molecule has 6 heteroatoms. The summed E-state index contributed by atoms with van der Waals surface area (Å²) in [5, 5.41) is 5.77. The number of aromatic nitrogens is 2. The zero-order chi connectivity index (χ0) is 13.8. The molecule has 0 spiro atoms. The molecule has 19 heavy (non-hydrogen) atoms. The van der Waals surface area contributed by atoms with Crippen molar-refractivity contribution in [3.8, 4) is 0 Å². The molecule has 2 heterocycles. The van der Waals surface area contributed by atoms with E-state index in [2.05, 4.69) is 20.6 Å². The Bertz CT molecular complexity index is 580. The Kier molecular flexibility index (Phi) is 3.79. The average Bonchev–Trinajstić information content (AvgIpc) is 2.85. The van der Waals surface area contributed by atoms with Gasteiger partial charge in [0.15, 0.2) is 0 Å². The molecule has 100 valence electrons. The van der Waals surface area contributed by atoms with Gasteiger partial charge in [-0.2, -0.15) is 0 Å². The van der Waals surface area contributed by atoms with Crippen molar-refractivity contribution in [1.82, 2.24) is 15.3 Å². The molecule has 2 N–H and O–H groups in total. The van der Waals surface area contributed by atoms with Gasteiger partial charge >= 0.3 is 0 Å². The van der Waals surface area contributed by atoms with Gasteiger partial charge in [-0.25, -0.2) is 4.98 Å². The Morgan fingerprint density at radius 3 is 2.84 bits per heavy atom. The lowest BCUT2D eigenvalue weighted by molar-refractivity contribution is 0.0934. The van der Waals surface area contributed by atoms with Gasteiger partial charge in [-0.05, 0) is 19.9 Å². The largest absolute Gasteiger partial charge is 0.444 e. The summed E-state index contributed by atoms with van der Waals surface area (Å²) in [6.45, 7) is 3.64. The van der Waals surface area contributed by atoms with E-state index in [1.807, 2.05) is 13.8 Å². The fraction of sp³-hybridized carbons (Fsp3) is 0.308. The highest BCUT2D eigenvalue weighted by atomic mass is 16.4. The minimum Gasteiger partial charge on any atom is -0.444 e. The Morgan fingerprint density at radius 1 is 1.42 bits per heavy atom. The lowest BCUT2D eigenvalue weighted by Gasteiger charge is -2.12. The maximum Gasteiger partial charge on any atom is 0.254 e. The van der Waals surface area contributed by atoms with Crippen LogP contribution in [0.25, 0.3) is 0 Å². The van der Waals surface area contributed by atoms with Crippen molar-refractivity contribution in [3.63, 3.8) is 0 Å². The third-order valence-corrected chi connectivity index (χ3v) is 2.69. The van der Waals surface area contributed by atoms with Crippen LogP contribution < -0.4 is 10.6 Å². The number of nitrogens with zero attached hydrogens (tertiary/aromatic N) is 2. The number of nitrogens with one attached hydrogen (secondary N) is 2. The summed E-state index contributed by atoms with van der Waals surface area (Å²) in [6.07, 6.45) is 4.81. The number of amides is 1. The predicted molar refractivity (Wildman–Crippen MR) is 70.9 cm³/mol. The molecule has 0 saturated heterocycles. The number of carbonyl (C=O) groups excluding carboxylic acids is 1. The summed E-state index contributed by atoms with van der Waals surface area (Å²) in [6, 6.07) is 1.37. The van der Waals surface area contributed by atoms with Crippen LogP contribution in [0.1, 0.15) is 35.0 Å². The van der Waals surface area contributed by atoms with Crippen LogP contribution >= 0.6 is 0 Å². The van der Waals surface area contributed by atoms with Crippen LogP contribution in [-0.2, 0) is 0 Å². The Labute approximate surface area is 111 Å². The molecule has 2 aromatic rings. The second-order valence-corrected chi connectivity index (χ2v) is 4.18. The van der Waals surface area contributed by atoms with E-state index in [1.165, 1.54) is 0 Å². The summed E-state index contributed by atoms with van der Waals surface area (Å²) >= 11 is 0. The minimum absolute atomic E-state index is 0.199. The van der Waals surface area contributed by atoms with Gasteiger partial charge in [0.1, 0.15) is 11.8 Å². The highest BCUT2D eigenvalue weighted by Crippen LogP contribution is 2.16. The van der Waals surface area contributed by atoms with E-state index in [4.69, 9.17) is 4.42 Å². The predicted octanol–water partition coefficient (Wildman–Crippen LogP) is 1.91. The van der Waals surface area contributed by atoms with Gasteiger partial charge in [0.05, 0.1) is 23.6 Å². The number of aryl methyl sites for hydroxylation is 1. The van der Waals surface area contributed by atoms with E-state index in [0.29, 0.717) is 17.1 Å². The smallest absolute Gasteiger partial charge is 0.254 e. The van der Waals surface area contributed by atoms with Gasteiger partial charge in [0.25, 0.3) is 5.91 Å². The van der Waals surface area contributed by atoms with E-state index < -0.39 is 0 Å². The van der Waals surface area contributed by atoms with E-state index in [9.17, 15) is 4.79 Å². The summed E-state index contributed by atoms with van der Waals surface area (Å²) in [7, 11) is 1.74. The van der Waals surface area contributed by atoms with Gasteiger partial charge in [-0.15, -0.1) is 0 Å². The third-order valence-electron chi connectivity index (χ3n) is 2.69. The summed E-state index contributed by atoms with van der Waals surface area (Å²) in [4.78, 5) is 20.2. The summed E-state index contributed by atoms with van der Waals surface area (Å²) in [5.74, 6) is 1.01. The molecule has 1 unspecified atom stereocenters. The van der Waals surface area contributed by atoms with Crippen LogP contribution in [0.4, 0.5) is 5.69 Å². The van der Waals surface area contributed by atoms with E-state index in [1.54, 1.807) is 31.7 Å². The van der Waals surface area contributed by atoms with Crippen molar-refractivity contribution >= 4 is 11.6 Å². The molecule has 1 amide bonds. The Morgan fingerprint density at radius 2 is 2.21 bits per heavy atom. The van der Waals surface area contributed by atoms with Crippen LogP contribution in [0.5, 0.6) is 0 Å². The normalized spacial score (nSPS) is 11.9. The van der Waals surface area contributed by atoms with Crippen LogP contribution in [0.2, 0.25) is 0 Å². The third kappa shape index (κ3) is 2.90. The highest BCUT2D eigenvalue weighted by Gasteiger charge is 2.17. The van der Waals surface area contributed by atoms with Crippen LogP contribution in [0, 0.1) is 6.92 Å². The maximum absolute atomic E-state index is 12.2. The van der Waals surface area contributed by atoms with Crippen molar-refractivity contribution in [3.05, 3.63) is 41.9 Å². The molecule has 0 aliphatic carbocycles. The molecule has 2 aromatic heterocycles. The average molecular weight is 260 g/mol. The number of hydrogen-bond acceptors (Lipinski definition) is 5. The second-order valence-electron chi connectivity index (χ2n) is 4.18. The Hall–Kier alpha value is -2.37. The van der Waals surface area contributed by atoms with Crippen molar-refractivity contribution < 1.29 is 9.21 Å². The van der Waals surface area contributed by atoms with Crippen molar-refractivity contribution in [1.29, 1.82) is 0 Å². The molecule has 0 bridgehead atoms. The number of anilines is 1. The van der Waals surface area contributed by atoms with Crippen molar-refractivity contribution in [2.24, 2.45) is 0 Å². The van der Waals surface area contributed by atoms with E-state index >= 15 is 0 Å². The van der Waals surface area contributed by atoms with Gasteiger partial charge in [0.2, 0.25) is 5.89 Å². The molecule has 1 atom stereocenters. The molecule has 0 aromatic carbocycles. The first-order chi connectivity index (χ1) is 9.11. The monoisotopic (exact) mass is 260 g/mol. The molecule has 0 saturated carbocycles. The molecular weight excluding hydrogens is 244 g/mol. The van der Waals surface area contributed by atoms with Crippen LogP contribution in [0.3, 0.4) is 0 Å². The topological polar surface area (TPSA) is 80.0 Å². The summed E-state index contributed by atoms with van der Waals surface area (Å²) in [5.41, 5.74) is 1.21. The number of hydrogen-bond donors (Lipinski definition) is 2. The van der Waals surface area contributed by atoms with Gasteiger partial charge in [-0.3, -0.25) is 9.78 Å². The number of rotatable bonds is 4. The van der Waals surface area contributed by atoms with E-state index in [-0.39, 0.29) is 11.9 Å². The van der Waals surface area contributed by atoms with Crippen LogP contribution in [0.15, 0.2) is 29.1 Å². The molecule has 0 fully saturated rings. The fourth-order valence-electron chi connectivity index (χ4n) is 1.70. The number of oxazole rings is 1. The first kappa shape index (κ1) is 13.1. The lowest BCUT2D eigenvalue weighted by Crippen LogP contribution is -2.27. The standard InChI is InChI=1S/C13H16N4O2/c1-8-6-16-13(19-8)9(2)17-12(18)10-4-5-15-7-11(10)14-3/h4-7,9,14H,1-3H3,(H,17,18). The molecule has 0 aliphatic rings. The molecule has 0 radical (unpaired) electrons. The molecular formula is C13H16N4O2. The number of pyridine rings is 1. The lowest BCUT2D eigenvalue weighted by atomic mass is 10.2. The second kappa shape index (κ2) is 5.51. The Balaban J connectivity index is 2.12. The highest BCUT2D eigenvalue weighted by molar-refractivity contribution is 5.99. The minimum atomic E-state index is -0.293. The zero-order valence-corrected chi connectivity index (χ0v) is 11.1. The SMILES string of the molecule is CNc1cnccc1C(=O)NC(C)c1ncc(C)o1. The fourth-order valence-corrected chi connectivity index (χ4v) is 1.70. The molecule has 6 nitrogen and oxygen atoms in total. The molecule has 0 aliphatic heterocycles. The first-order valence-electron chi connectivity index (χ1n) is 5.96. The summed E-state index contributed by atoms with van der Waals surface area (Å²) < 4.78 is 5.38. The molecule has 2 rings (SSSR count). The van der Waals surface area contributed by atoms with E-state index in [0.717, 1.165) is 5.76 Å². The van der Waals surface area contributed by atoms with Crippen molar-refractivity contribution in [2.75, 3.05) is 12.4 Å². The maximum atomic E-state index is 12.2. The zero-order valence-electron chi connectivity index (χ0n) is 11.1. The van der Waals surface area contributed by atoms with Crippen LogP contribution in [-0.4, -0.2) is 22.9 Å². The number of carbonyl (C=O) groups is 1.